The molecular weight excluding hydrogens is 498 g/mol. The number of likely N-dealkylation sites (tertiary alicyclic amines) is 1. The average molecular weight is 536 g/mol. The molecule has 0 aliphatic carbocycles. The lowest BCUT2D eigenvalue weighted by Crippen LogP contribution is -2.53. The van der Waals surface area contributed by atoms with E-state index in [4.69, 9.17) is 9.47 Å². The van der Waals surface area contributed by atoms with Crippen molar-refractivity contribution in [1.29, 1.82) is 0 Å². The Morgan fingerprint density at radius 3 is 2.46 bits per heavy atom. The maximum atomic E-state index is 14.0. The third-order valence-corrected chi connectivity index (χ3v) is 8.32. The molecule has 3 aliphatic rings. The molecule has 5 rings (SSSR count). The van der Waals surface area contributed by atoms with E-state index in [9.17, 15) is 19.5 Å². The van der Waals surface area contributed by atoms with Crippen LogP contribution in [0.4, 0.5) is 11.4 Å². The number of aliphatic hydroxyl groups is 1. The molecule has 208 valence electrons. The summed E-state index contributed by atoms with van der Waals surface area (Å²) in [6.45, 7) is 6.63. The lowest BCUT2D eigenvalue weighted by Gasteiger charge is -2.33. The number of para-hydroxylation sites is 1. The fourth-order valence-corrected chi connectivity index (χ4v) is 6.62. The molecule has 9 nitrogen and oxygen atoms in total. The molecule has 39 heavy (non-hydrogen) atoms. The van der Waals surface area contributed by atoms with Crippen molar-refractivity contribution in [3.8, 4) is 5.75 Å². The fraction of sp³-hybridized carbons (Fsp3) is 0.500. The van der Waals surface area contributed by atoms with E-state index in [0.29, 0.717) is 50.3 Å². The van der Waals surface area contributed by atoms with E-state index in [2.05, 4.69) is 10.6 Å². The molecule has 9 heteroatoms. The van der Waals surface area contributed by atoms with E-state index in [1.807, 2.05) is 39.0 Å². The van der Waals surface area contributed by atoms with Crippen molar-refractivity contribution in [2.75, 3.05) is 30.4 Å². The van der Waals surface area contributed by atoms with Crippen molar-refractivity contribution >= 4 is 29.1 Å². The van der Waals surface area contributed by atoms with Crippen molar-refractivity contribution < 1.29 is 29.0 Å². The maximum Gasteiger partial charge on any atom is 0.250 e. The number of carbonyl (C=O) groups is 3. The smallest absolute Gasteiger partial charge is 0.250 e. The van der Waals surface area contributed by atoms with Gasteiger partial charge in [-0.3, -0.25) is 14.4 Å². The summed E-state index contributed by atoms with van der Waals surface area (Å²) in [4.78, 5) is 43.1. The van der Waals surface area contributed by atoms with Crippen LogP contribution >= 0.6 is 0 Å². The minimum absolute atomic E-state index is 0.00155. The third-order valence-electron chi connectivity index (χ3n) is 8.32. The second-order valence-electron chi connectivity index (χ2n) is 10.7. The number of amides is 3. The van der Waals surface area contributed by atoms with Gasteiger partial charge in [0.1, 0.15) is 17.4 Å². The van der Waals surface area contributed by atoms with E-state index in [0.717, 1.165) is 16.8 Å². The Balaban J connectivity index is 1.43. The van der Waals surface area contributed by atoms with E-state index in [1.54, 1.807) is 29.2 Å². The zero-order chi connectivity index (χ0) is 27.7. The quantitative estimate of drug-likeness (QED) is 0.402. The summed E-state index contributed by atoms with van der Waals surface area (Å²) >= 11 is 0. The van der Waals surface area contributed by atoms with Crippen LogP contribution in [0.5, 0.6) is 5.75 Å². The van der Waals surface area contributed by atoms with Gasteiger partial charge in [0.15, 0.2) is 0 Å². The molecule has 1 spiro atoms. The van der Waals surface area contributed by atoms with Gasteiger partial charge in [0, 0.05) is 24.5 Å². The first kappa shape index (κ1) is 27.1. The lowest BCUT2D eigenvalue weighted by molar-refractivity contribution is -0.139. The molecular formula is C30H37N3O6. The Labute approximate surface area is 228 Å². The van der Waals surface area contributed by atoms with E-state index < -0.39 is 29.6 Å². The Hall–Kier alpha value is -3.43. The average Bonchev–Trinajstić information content (AvgIpc) is 3.55. The second-order valence-corrected chi connectivity index (χ2v) is 10.7. The van der Waals surface area contributed by atoms with Crippen molar-refractivity contribution in [3.63, 3.8) is 0 Å². The number of nitrogens with one attached hydrogen (secondary N) is 2. The highest BCUT2D eigenvalue weighted by Crippen LogP contribution is 2.58. The maximum absolute atomic E-state index is 14.0. The van der Waals surface area contributed by atoms with Crippen LogP contribution in [0.1, 0.15) is 43.7 Å². The fourth-order valence-electron chi connectivity index (χ4n) is 6.62. The first-order valence-electron chi connectivity index (χ1n) is 13.8. The third kappa shape index (κ3) is 4.78. The van der Waals surface area contributed by atoms with E-state index in [-0.39, 0.29) is 24.3 Å². The summed E-state index contributed by atoms with van der Waals surface area (Å²) in [7, 11) is 0. The van der Waals surface area contributed by atoms with Gasteiger partial charge >= 0.3 is 0 Å². The number of benzene rings is 2. The summed E-state index contributed by atoms with van der Waals surface area (Å²) < 4.78 is 12.0. The van der Waals surface area contributed by atoms with E-state index in [1.165, 1.54) is 0 Å². The highest BCUT2D eigenvalue weighted by molar-refractivity contribution is 6.05. The van der Waals surface area contributed by atoms with Crippen molar-refractivity contribution in [2.45, 2.75) is 64.2 Å². The second kappa shape index (κ2) is 11.0. The summed E-state index contributed by atoms with van der Waals surface area (Å²) in [6, 6.07) is 12.1. The van der Waals surface area contributed by atoms with Crippen molar-refractivity contribution in [2.24, 2.45) is 11.8 Å². The Bertz CT molecular complexity index is 1230. The van der Waals surface area contributed by atoms with Gasteiger partial charge in [-0.1, -0.05) is 18.2 Å². The largest absolute Gasteiger partial charge is 0.494 e. The number of anilines is 2. The number of nitrogens with zero attached hydrogens (tertiary/aromatic N) is 1. The van der Waals surface area contributed by atoms with Gasteiger partial charge in [-0.25, -0.2) is 0 Å². The van der Waals surface area contributed by atoms with Crippen LogP contribution in [0.2, 0.25) is 0 Å². The number of aryl methyl sites for hydroxylation is 2. The highest BCUT2D eigenvalue weighted by Gasteiger charge is 2.74. The molecule has 3 amide bonds. The normalized spacial score (nSPS) is 27.0. The topological polar surface area (TPSA) is 117 Å². The molecule has 0 saturated carbocycles. The SMILES string of the molecule is CCOc1ccc(NC(=O)[C@@H]2[C@@H]3CCC4(O3)C(C(=O)Nc3c(C)cccc3C)N(CCCCO)C(=O)[C@H]24)cc1. The molecule has 2 bridgehead atoms. The summed E-state index contributed by atoms with van der Waals surface area (Å²) in [5.74, 6) is -1.56. The Kier molecular flexibility index (Phi) is 7.64. The van der Waals surface area contributed by atoms with Gasteiger partial charge in [-0.2, -0.15) is 0 Å². The predicted octanol–water partition coefficient (Wildman–Crippen LogP) is 3.43. The summed E-state index contributed by atoms with van der Waals surface area (Å²) in [5.41, 5.74) is 2.12. The number of carbonyl (C=O) groups excluding carboxylic acids is 3. The summed E-state index contributed by atoms with van der Waals surface area (Å²) in [5, 5.41) is 15.4. The predicted molar refractivity (Wildman–Crippen MR) is 146 cm³/mol. The van der Waals surface area contributed by atoms with Crippen molar-refractivity contribution in [3.05, 3.63) is 53.6 Å². The van der Waals surface area contributed by atoms with Gasteiger partial charge in [0.2, 0.25) is 17.7 Å². The molecule has 0 aromatic heterocycles. The number of ether oxygens (including phenoxy) is 2. The molecule has 5 atom stereocenters. The number of unbranched alkanes of at least 4 members (excludes halogenated alkanes) is 1. The van der Waals surface area contributed by atoms with E-state index >= 15 is 0 Å². The van der Waals surface area contributed by atoms with Gasteiger partial charge in [-0.05, 0) is 81.8 Å². The van der Waals surface area contributed by atoms with Crippen LogP contribution in [-0.2, 0) is 19.1 Å². The minimum atomic E-state index is -1.07. The number of aliphatic hydroxyl groups excluding tert-OH is 1. The van der Waals surface area contributed by atoms with Crippen LogP contribution in [0.25, 0.3) is 0 Å². The Morgan fingerprint density at radius 1 is 1.08 bits per heavy atom. The van der Waals surface area contributed by atoms with Crippen LogP contribution in [-0.4, -0.2) is 65.2 Å². The molecule has 3 N–H and O–H groups in total. The standard InChI is InChI=1S/C30H37N3O6/c1-4-38-21-12-10-20(11-13-21)31-27(35)23-22-14-15-30(39-22)24(23)29(37)33(16-5-6-17-34)26(30)28(36)32-25-18(2)8-7-9-19(25)3/h7-13,22-24,26,34H,4-6,14-17H2,1-3H3,(H,31,35)(H,32,36)/t22-,23+,24-,26?,30?/m0/s1. The monoisotopic (exact) mass is 535 g/mol. The number of hydrogen-bond donors (Lipinski definition) is 3. The lowest BCUT2D eigenvalue weighted by atomic mass is 9.70. The zero-order valence-electron chi connectivity index (χ0n) is 22.7. The molecule has 0 radical (unpaired) electrons. The first-order chi connectivity index (χ1) is 18.8. The first-order valence-corrected chi connectivity index (χ1v) is 13.8. The molecule has 3 heterocycles. The minimum Gasteiger partial charge on any atom is -0.494 e. The molecule has 3 aliphatic heterocycles. The Morgan fingerprint density at radius 2 is 1.79 bits per heavy atom. The number of hydrogen-bond acceptors (Lipinski definition) is 6. The number of rotatable bonds is 10. The molecule has 2 aromatic carbocycles. The van der Waals surface area contributed by atoms with Gasteiger partial charge in [0.05, 0.1) is 24.5 Å². The summed E-state index contributed by atoms with van der Waals surface area (Å²) in [6.07, 6.45) is 1.75. The number of fused-ring (bicyclic) bond motifs is 1. The molecule has 3 saturated heterocycles. The van der Waals surface area contributed by atoms with Gasteiger partial charge in [-0.15, -0.1) is 0 Å². The zero-order valence-corrected chi connectivity index (χ0v) is 22.7. The van der Waals surface area contributed by atoms with Gasteiger partial charge in [0.25, 0.3) is 0 Å². The van der Waals surface area contributed by atoms with Crippen LogP contribution in [0.15, 0.2) is 42.5 Å². The van der Waals surface area contributed by atoms with Gasteiger partial charge < -0.3 is 30.1 Å². The van der Waals surface area contributed by atoms with Crippen molar-refractivity contribution in [1.82, 2.24) is 4.90 Å². The molecule has 2 aromatic rings. The molecule has 3 fully saturated rings. The van der Waals surface area contributed by atoms with Crippen LogP contribution in [0, 0.1) is 25.7 Å². The highest BCUT2D eigenvalue weighted by atomic mass is 16.5. The van der Waals surface area contributed by atoms with Crippen LogP contribution in [0.3, 0.4) is 0 Å². The molecule has 2 unspecified atom stereocenters. The van der Waals surface area contributed by atoms with Crippen LogP contribution < -0.4 is 15.4 Å².